The second-order valence-electron chi connectivity index (χ2n) is 17.3. The van der Waals surface area contributed by atoms with Crippen molar-refractivity contribution >= 4 is 45.8 Å². The lowest BCUT2D eigenvalue weighted by Gasteiger charge is -2.32. The lowest BCUT2D eigenvalue weighted by Crippen LogP contribution is -2.51. The Morgan fingerprint density at radius 1 is 0.953 bits per heavy atom. The summed E-state index contributed by atoms with van der Waals surface area (Å²) in [5.74, 6) is 1.51. The molecule has 2 saturated heterocycles. The van der Waals surface area contributed by atoms with Gasteiger partial charge in [-0.2, -0.15) is 0 Å². The van der Waals surface area contributed by atoms with E-state index in [1.807, 2.05) is 30.9 Å². The first-order valence-electron chi connectivity index (χ1n) is 21.7. The molecule has 64 heavy (non-hydrogen) atoms. The number of rotatable bonds is 11. The summed E-state index contributed by atoms with van der Waals surface area (Å²) in [6, 6.07) is 21.0. The fraction of sp³-hybridized carbons (Fsp3) is 0.375. The molecule has 0 spiro atoms. The van der Waals surface area contributed by atoms with Crippen LogP contribution in [-0.4, -0.2) is 111 Å². The van der Waals surface area contributed by atoms with E-state index >= 15 is 0 Å². The maximum atomic E-state index is 14.4. The fourth-order valence-electron chi connectivity index (χ4n) is 9.70. The van der Waals surface area contributed by atoms with Gasteiger partial charge in [0.05, 0.1) is 48.7 Å². The Bertz CT molecular complexity index is 2750. The van der Waals surface area contributed by atoms with Crippen LogP contribution in [0.1, 0.15) is 74.0 Å². The number of H-pyrrole nitrogens is 2. The summed E-state index contributed by atoms with van der Waals surface area (Å²) in [5, 5.41) is 14.6. The largest absolute Gasteiger partial charge is 0.488 e. The standard InChI is InChI=1S/C48H52N8O8/c1-26(2)40(53-47(59)63-5)45(57)55-17-9-12-37(55)44-50-35-16-14-29-20-34-32-15-13-30(19-31(32)25-64-39(34)21-33(29)41(35)52-44)36-22-49-43(51-36)38-18-27(24-62-4)23-56(38)46(58)42(54(3)48(60)61)28-10-7-6-8-11-28/h6-8,10-11,13-16,19-22,26-27,37-38,40,42H,9,12,17-18,23-25H2,1-5H3,(H,49,51)(H,50,52)(H,53,59)(H,60,61)/t27-,37-,38-,40-,42+/m0/s1. The maximum absolute atomic E-state index is 14.4. The molecular formula is C48H52N8O8. The van der Waals surface area contributed by atoms with Crippen LogP contribution in [0.2, 0.25) is 0 Å². The molecule has 6 aromatic rings. The predicted octanol–water partition coefficient (Wildman–Crippen LogP) is 7.60. The molecular weight excluding hydrogens is 817 g/mol. The molecule has 16 heteroatoms. The molecule has 5 atom stereocenters. The second kappa shape index (κ2) is 17.3. The van der Waals surface area contributed by atoms with Gasteiger partial charge < -0.3 is 44.4 Å². The molecule has 0 radical (unpaired) electrons. The average molecular weight is 869 g/mol. The van der Waals surface area contributed by atoms with Crippen LogP contribution in [-0.2, 0) is 25.7 Å². The highest BCUT2D eigenvalue weighted by molar-refractivity contribution is 6.07. The summed E-state index contributed by atoms with van der Waals surface area (Å²) >= 11 is 0. The zero-order valence-electron chi connectivity index (χ0n) is 36.5. The van der Waals surface area contributed by atoms with Gasteiger partial charge in [0.2, 0.25) is 5.91 Å². The number of methoxy groups -OCH3 is 2. The third-order valence-corrected chi connectivity index (χ3v) is 12.9. The second-order valence-corrected chi connectivity index (χ2v) is 17.3. The Morgan fingerprint density at radius 3 is 2.52 bits per heavy atom. The third-order valence-electron chi connectivity index (χ3n) is 12.9. The molecule has 2 aromatic heterocycles. The number of aromatic amines is 2. The average Bonchev–Trinajstić information content (AvgIpc) is 4.14. The first-order valence-corrected chi connectivity index (χ1v) is 21.7. The van der Waals surface area contributed by atoms with Crippen molar-refractivity contribution in [3.05, 3.63) is 102 Å². The molecule has 332 valence electrons. The van der Waals surface area contributed by atoms with Gasteiger partial charge in [0, 0.05) is 44.1 Å². The van der Waals surface area contributed by atoms with E-state index in [9.17, 15) is 24.3 Å². The smallest absolute Gasteiger partial charge is 0.407 e. The minimum absolute atomic E-state index is 0.0386. The van der Waals surface area contributed by atoms with Crippen molar-refractivity contribution in [3.8, 4) is 28.1 Å². The zero-order valence-corrected chi connectivity index (χ0v) is 36.5. The Kier molecular flexibility index (Phi) is 11.5. The van der Waals surface area contributed by atoms with Crippen molar-refractivity contribution in [2.24, 2.45) is 11.8 Å². The van der Waals surface area contributed by atoms with Crippen LogP contribution in [0, 0.1) is 11.8 Å². The monoisotopic (exact) mass is 868 g/mol. The lowest BCUT2D eigenvalue weighted by molar-refractivity contribution is -0.137. The molecule has 2 fully saturated rings. The van der Waals surface area contributed by atoms with E-state index in [-0.39, 0.29) is 29.7 Å². The molecule has 0 aliphatic carbocycles. The molecule has 3 aliphatic heterocycles. The number of hydrogen-bond donors (Lipinski definition) is 4. The van der Waals surface area contributed by atoms with E-state index in [0.717, 1.165) is 73.2 Å². The van der Waals surface area contributed by atoms with E-state index in [1.165, 1.54) is 14.2 Å². The van der Waals surface area contributed by atoms with Crippen molar-refractivity contribution in [3.63, 3.8) is 0 Å². The molecule has 16 nitrogen and oxygen atoms in total. The maximum Gasteiger partial charge on any atom is 0.407 e. The lowest BCUT2D eigenvalue weighted by atomic mass is 9.92. The number of nitrogens with one attached hydrogen (secondary N) is 3. The number of imidazole rings is 2. The number of likely N-dealkylation sites (tertiary alicyclic amines) is 2. The van der Waals surface area contributed by atoms with E-state index in [4.69, 9.17) is 24.2 Å². The van der Waals surface area contributed by atoms with Gasteiger partial charge >= 0.3 is 12.2 Å². The first-order chi connectivity index (χ1) is 30.9. The number of benzene rings is 4. The number of carboxylic acid groups (broad SMARTS) is 1. The Balaban J connectivity index is 0.974. The van der Waals surface area contributed by atoms with Crippen LogP contribution in [0.5, 0.6) is 5.75 Å². The fourth-order valence-corrected chi connectivity index (χ4v) is 9.70. The highest BCUT2D eigenvalue weighted by Gasteiger charge is 2.43. The normalized spacial score (nSPS) is 19.0. The predicted molar refractivity (Wildman–Crippen MR) is 238 cm³/mol. The van der Waals surface area contributed by atoms with E-state index < -0.39 is 30.3 Å². The number of hydrogen-bond acceptors (Lipinski definition) is 9. The van der Waals surface area contributed by atoms with Gasteiger partial charge in [0.15, 0.2) is 0 Å². The Labute approximate surface area is 369 Å². The molecule has 0 saturated carbocycles. The molecule has 0 unspecified atom stereocenters. The number of carbonyl (C=O) groups is 4. The van der Waals surface area contributed by atoms with Crippen molar-refractivity contribution < 1.29 is 38.5 Å². The number of nitrogens with zero attached hydrogens (tertiary/aromatic N) is 5. The summed E-state index contributed by atoms with van der Waals surface area (Å²) in [6.07, 6.45) is 2.12. The quantitative estimate of drug-likeness (QED) is 0.101. The molecule has 0 bridgehead atoms. The van der Waals surface area contributed by atoms with Crippen LogP contribution in [0.4, 0.5) is 9.59 Å². The molecule has 3 aliphatic rings. The first kappa shape index (κ1) is 42.4. The van der Waals surface area contributed by atoms with Gasteiger partial charge in [0.1, 0.15) is 36.1 Å². The minimum Gasteiger partial charge on any atom is -0.488 e. The number of aromatic nitrogens is 4. The topological polar surface area (TPSA) is 195 Å². The summed E-state index contributed by atoms with van der Waals surface area (Å²) in [5.41, 5.74) is 6.98. The number of amides is 4. The molecule has 9 rings (SSSR count). The van der Waals surface area contributed by atoms with Crippen LogP contribution in [0.3, 0.4) is 0 Å². The van der Waals surface area contributed by atoms with Gasteiger partial charge in [-0.25, -0.2) is 19.6 Å². The highest BCUT2D eigenvalue weighted by atomic mass is 16.5. The van der Waals surface area contributed by atoms with Crippen LogP contribution in [0.15, 0.2) is 79.0 Å². The van der Waals surface area contributed by atoms with Gasteiger partial charge in [-0.3, -0.25) is 14.5 Å². The Morgan fingerprint density at radius 2 is 1.77 bits per heavy atom. The van der Waals surface area contributed by atoms with Gasteiger partial charge in [-0.15, -0.1) is 0 Å². The van der Waals surface area contributed by atoms with E-state index in [1.54, 1.807) is 42.5 Å². The summed E-state index contributed by atoms with van der Waals surface area (Å²) in [7, 11) is 4.34. The van der Waals surface area contributed by atoms with Crippen LogP contribution >= 0.6 is 0 Å². The number of fused-ring (bicyclic) bond motifs is 6. The summed E-state index contributed by atoms with van der Waals surface area (Å²) in [6.45, 7) is 5.57. The summed E-state index contributed by atoms with van der Waals surface area (Å²) in [4.78, 5) is 73.9. The van der Waals surface area contributed by atoms with Gasteiger partial charge in [-0.05, 0) is 77.1 Å². The minimum atomic E-state index is -1.20. The molecule has 4 amide bonds. The number of alkyl carbamates (subject to hydrolysis) is 1. The van der Waals surface area contributed by atoms with Crippen molar-refractivity contribution in [2.45, 2.75) is 63.9 Å². The number of ether oxygens (including phenoxy) is 3. The van der Waals surface area contributed by atoms with Crippen LogP contribution in [0.25, 0.3) is 44.2 Å². The van der Waals surface area contributed by atoms with Crippen LogP contribution < -0.4 is 10.1 Å². The van der Waals surface area contributed by atoms with E-state index in [2.05, 4.69) is 51.7 Å². The Hall–Kier alpha value is -6.94. The SMILES string of the molecule is COC[C@H]1C[C@@H](c2ncc(-c3ccc4c(c3)COc3cc5c(ccc6nc([C@@H]7CCCN7C(=O)[C@@H](NC(=O)OC)C(C)C)[nH]c65)cc3-4)[nH]2)N(C(=O)[C@@H](c2ccccc2)N(C)C(=O)O)C1. The summed E-state index contributed by atoms with van der Waals surface area (Å²) < 4.78 is 16.7. The molecule has 4 N–H and O–H groups in total. The van der Waals surface area contributed by atoms with Crippen molar-refractivity contribution in [2.75, 3.05) is 41.0 Å². The van der Waals surface area contributed by atoms with E-state index in [0.29, 0.717) is 49.9 Å². The van der Waals surface area contributed by atoms with Crippen molar-refractivity contribution in [1.82, 2.24) is 40.0 Å². The molecule has 5 heterocycles. The van der Waals surface area contributed by atoms with Crippen molar-refractivity contribution in [1.29, 1.82) is 0 Å². The molecule has 4 aromatic carbocycles. The number of likely N-dealkylation sites (N-methyl/N-ethyl adjacent to an activating group) is 1. The highest BCUT2D eigenvalue weighted by Crippen LogP contribution is 2.44. The van der Waals surface area contributed by atoms with Gasteiger partial charge in [0.25, 0.3) is 5.91 Å². The zero-order chi connectivity index (χ0) is 44.8. The van der Waals surface area contributed by atoms with Gasteiger partial charge in [-0.1, -0.05) is 62.4 Å². The number of carbonyl (C=O) groups excluding carboxylic acids is 3. The third kappa shape index (κ3) is 7.75.